The van der Waals surface area contributed by atoms with Crippen LogP contribution >= 0.6 is 27.3 Å². The summed E-state index contributed by atoms with van der Waals surface area (Å²) in [6, 6.07) is 16.4. The molecule has 8 nitrogen and oxygen atoms in total. The molecule has 0 unspecified atom stereocenters. The molecule has 0 aliphatic heterocycles. The van der Waals surface area contributed by atoms with Crippen molar-refractivity contribution in [1.82, 2.24) is 9.71 Å². The molecule has 0 saturated carbocycles. The number of aromatic nitrogens is 1. The second kappa shape index (κ2) is 9.49. The molecule has 1 N–H and O–H groups in total. The molecule has 11 heteroatoms. The molecule has 3 aromatic rings. The third-order valence-electron chi connectivity index (χ3n) is 4.34. The molecule has 0 saturated heterocycles. The van der Waals surface area contributed by atoms with Gasteiger partial charge in [0.1, 0.15) is 5.69 Å². The number of nitrogens with one attached hydrogen (secondary N) is 1. The number of nitriles is 2. The van der Waals surface area contributed by atoms with Crippen molar-refractivity contribution < 1.29 is 13.2 Å². The van der Waals surface area contributed by atoms with Gasteiger partial charge >= 0.3 is 0 Å². The molecule has 0 spiro atoms. The lowest BCUT2D eigenvalue weighted by Crippen LogP contribution is -2.30. The number of carbonyl (C=O) groups is 1. The minimum atomic E-state index is -3.74. The zero-order valence-electron chi connectivity index (χ0n) is 17.0. The van der Waals surface area contributed by atoms with E-state index >= 15 is 0 Å². The van der Waals surface area contributed by atoms with Crippen LogP contribution < -0.4 is 9.62 Å². The maximum absolute atomic E-state index is 12.4. The first-order chi connectivity index (χ1) is 15.1. The Morgan fingerprint density at radius 1 is 1.19 bits per heavy atom. The van der Waals surface area contributed by atoms with E-state index in [-0.39, 0.29) is 12.2 Å². The van der Waals surface area contributed by atoms with Crippen LogP contribution in [0.2, 0.25) is 0 Å². The van der Waals surface area contributed by atoms with Crippen molar-refractivity contribution >= 4 is 54.0 Å². The molecule has 0 bridgehead atoms. The lowest BCUT2D eigenvalue weighted by Gasteiger charge is -2.23. The number of thiazole rings is 1. The van der Waals surface area contributed by atoms with Crippen molar-refractivity contribution in [2.45, 2.75) is 13.5 Å². The minimum absolute atomic E-state index is 0.00498. The zero-order chi connectivity index (χ0) is 23.5. The van der Waals surface area contributed by atoms with Crippen LogP contribution in [0.5, 0.6) is 0 Å². The number of sulfonamides is 1. The molecule has 162 valence electrons. The first kappa shape index (κ1) is 23.4. The fourth-order valence-electron chi connectivity index (χ4n) is 2.87. The highest BCUT2D eigenvalue weighted by Gasteiger charge is 2.23. The SMILES string of the molecule is Cc1sc(N(Cc2ccc(Br)cc2C#N)c2ccc(C#N)cc2)nc1C(=O)NS(C)(=O)=O. The number of amides is 1. The summed E-state index contributed by atoms with van der Waals surface area (Å²) in [7, 11) is -3.74. The third kappa shape index (κ3) is 5.51. The number of carbonyl (C=O) groups excluding carboxylic acids is 1. The quantitative estimate of drug-likeness (QED) is 0.511. The normalized spacial score (nSPS) is 10.8. The van der Waals surface area contributed by atoms with Gasteiger partial charge in [0.15, 0.2) is 5.13 Å². The van der Waals surface area contributed by atoms with Gasteiger partial charge in [-0.1, -0.05) is 22.0 Å². The van der Waals surface area contributed by atoms with E-state index in [1.807, 2.05) is 16.9 Å². The number of benzene rings is 2. The van der Waals surface area contributed by atoms with Crippen molar-refractivity contribution in [3.8, 4) is 12.1 Å². The van der Waals surface area contributed by atoms with Crippen LogP contribution in [-0.2, 0) is 16.6 Å². The molecule has 0 radical (unpaired) electrons. The van der Waals surface area contributed by atoms with Gasteiger partial charge < -0.3 is 4.90 Å². The summed E-state index contributed by atoms with van der Waals surface area (Å²) in [5, 5.41) is 19.1. The van der Waals surface area contributed by atoms with Crippen molar-refractivity contribution in [3.05, 3.63) is 74.2 Å². The van der Waals surface area contributed by atoms with Gasteiger partial charge in [-0.05, 0) is 48.9 Å². The van der Waals surface area contributed by atoms with E-state index in [1.54, 1.807) is 42.2 Å². The molecule has 0 aliphatic carbocycles. The Hall–Kier alpha value is -3.25. The Labute approximate surface area is 197 Å². The number of anilines is 2. The van der Waals surface area contributed by atoms with Gasteiger partial charge in [0, 0.05) is 15.0 Å². The summed E-state index contributed by atoms with van der Waals surface area (Å²) in [6.45, 7) is 1.94. The standard InChI is InChI=1S/C21H16BrN5O3S2/c1-13-19(20(28)26-32(2,29)30)25-21(31-13)27(18-7-3-14(10-23)4-8-18)12-15-5-6-17(22)9-16(15)11-24/h3-9H,12H2,1-2H3,(H,26,28). The summed E-state index contributed by atoms with van der Waals surface area (Å²) in [4.78, 5) is 19.1. The van der Waals surface area contributed by atoms with Gasteiger partial charge in [-0.2, -0.15) is 10.5 Å². The first-order valence-corrected chi connectivity index (χ1v) is 12.6. The van der Waals surface area contributed by atoms with Crippen LogP contribution in [0.3, 0.4) is 0 Å². The molecule has 1 amide bonds. The number of hydrogen-bond donors (Lipinski definition) is 1. The molecular weight excluding hydrogens is 514 g/mol. The smallest absolute Gasteiger partial charge is 0.284 e. The van der Waals surface area contributed by atoms with E-state index in [1.165, 1.54) is 11.3 Å². The highest BCUT2D eigenvalue weighted by atomic mass is 79.9. The third-order valence-corrected chi connectivity index (χ3v) is 6.38. The lowest BCUT2D eigenvalue weighted by molar-refractivity contribution is 0.0977. The van der Waals surface area contributed by atoms with E-state index < -0.39 is 15.9 Å². The van der Waals surface area contributed by atoms with E-state index in [0.29, 0.717) is 26.8 Å². The Kier molecular flexibility index (Phi) is 6.94. The van der Waals surface area contributed by atoms with Gasteiger partial charge in [-0.15, -0.1) is 11.3 Å². The van der Waals surface area contributed by atoms with Gasteiger partial charge in [-0.3, -0.25) is 4.79 Å². The maximum atomic E-state index is 12.4. The number of halogens is 1. The summed E-state index contributed by atoms with van der Waals surface area (Å²) in [6.07, 6.45) is 0.896. The fourth-order valence-corrected chi connectivity index (χ4v) is 4.59. The van der Waals surface area contributed by atoms with Crippen LogP contribution in [0.25, 0.3) is 0 Å². The number of nitrogens with zero attached hydrogens (tertiary/aromatic N) is 4. The predicted molar refractivity (Wildman–Crippen MR) is 125 cm³/mol. The summed E-state index contributed by atoms with van der Waals surface area (Å²) < 4.78 is 25.6. The number of rotatable bonds is 6. The summed E-state index contributed by atoms with van der Waals surface area (Å²) in [5.41, 5.74) is 2.39. The molecule has 1 heterocycles. The topological polar surface area (TPSA) is 127 Å². The fraction of sp³-hybridized carbons (Fsp3) is 0.143. The van der Waals surface area contributed by atoms with Crippen LogP contribution in [0.15, 0.2) is 46.9 Å². The molecule has 32 heavy (non-hydrogen) atoms. The minimum Gasteiger partial charge on any atom is -0.313 e. The molecular formula is C21H16BrN5O3S2. The Bertz CT molecular complexity index is 1370. The van der Waals surface area contributed by atoms with Crippen molar-refractivity contribution in [3.63, 3.8) is 0 Å². The Morgan fingerprint density at radius 2 is 1.88 bits per heavy atom. The summed E-state index contributed by atoms with van der Waals surface area (Å²) >= 11 is 4.58. The first-order valence-electron chi connectivity index (χ1n) is 9.07. The van der Waals surface area contributed by atoms with Crippen LogP contribution in [-0.4, -0.2) is 25.6 Å². The van der Waals surface area contributed by atoms with E-state index in [2.05, 4.69) is 33.1 Å². The largest absolute Gasteiger partial charge is 0.313 e. The molecule has 0 aliphatic rings. The van der Waals surface area contributed by atoms with Gasteiger partial charge in [0.2, 0.25) is 10.0 Å². The van der Waals surface area contributed by atoms with Crippen molar-refractivity contribution in [2.75, 3.05) is 11.2 Å². The van der Waals surface area contributed by atoms with Gasteiger partial charge in [0.05, 0.1) is 36.1 Å². The van der Waals surface area contributed by atoms with Gasteiger partial charge in [-0.25, -0.2) is 18.1 Å². The molecule has 1 aromatic heterocycles. The van der Waals surface area contributed by atoms with Crippen LogP contribution in [0, 0.1) is 29.6 Å². The monoisotopic (exact) mass is 529 g/mol. The van der Waals surface area contributed by atoms with E-state index in [0.717, 1.165) is 16.3 Å². The van der Waals surface area contributed by atoms with Crippen molar-refractivity contribution in [2.24, 2.45) is 0 Å². The highest BCUT2D eigenvalue weighted by molar-refractivity contribution is 9.10. The number of hydrogen-bond acceptors (Lipinski definition) is 8. The molecule has 3 rings (SSSR count). The van der Waals surface area contributed by atoms with Crippen LogP contribution in [0.1, 0.15) is 32.1 Å². The lowest BCUT2D eigenvalue weighted by atomic mass is 10.1. The van der Waals surface area contributed by atoms with Gasteiger partial charge in [0.25, 0.3) is 5.91 Å². The zero-order valence-corrected chi connectivity index (χ0v) is 20.2. The second-order valence-corrected chi connectivity index (χ2v) is 10.6. The Balaban J connectivity index is 2.07. The van der Waals surface area contributed by atoms with Crippen LogP contribution in [0.4, 0.5) is 10.8 Å². The average molecular weight is 530 g/mol. The van der Waals surface area contributed by atoms with Crippen molar-refractivity contribution in [1.29, 1.82) is 10.5 Å². The second-order valence-electron chi connectivity index (χ2n) is 6.76. The molecule has 0 fully saturated rings. The Morgan fingerprint density at radius 3 is 2.47 bits per heavy atom. The summed E-state index contributed by atoms with van der Waals surface area (Å²) in [5.74, 6) is -0.811. The van der Waals surface area contributed by atoms with E-state index in [4.69, 9.17) is 5.26 Å². The highest BCUT2D eigenvalue weighted by Crippen LogP contribution is 2.34. The average Bonchev–Trinajstić information content (AvgIpc) is 3.13. The molecule has 0 atom stereocenters. The maximum Gasteiger partial charge on any atom is 0.284 e. The number of aryl methyl sites for hydroxylation is 1. The van der Waals surface area contributed by atoms with E-state index in [9.17, 15) is 18.5 Å². The predicted octanol–water partition coefficient (Wildman–Crippen LogP) is 3.99. The molecule has 2 aromatic carbocycles.